The van der Waals surface area contributed by atoms with Gasteiger partial charge in [0.15, 0.2) is 5.69 Å². The molecule has 0 unspecified atom stereocenters. The Labute approximate surface area is 208 Å². The average molecular weight is 491 g/mol. The molecule has 182 valence electrons. The van der Waals surface area contributed by atoms with Gasteiger partial charge in [-0.1, -0.05) is 40.9 Å². The van der Waals surface area contributed by atoms with E-state index in [0.29, 0.717) is 11.6 Å². The minimum atomic E-state index is -0.123. The molecular formula is C26H30N6O2S. The van der Waals surface area contributed by atoms with Crippen molar-refractivity contribution < 1.29 is 4.79 Å². The van der Waals surface area contributed by atoms with Crippen molar-refractivity contribution in [2.45, 2.75) is 44.3 Å². The molecule has 2 saturated heterocycles. The number of nitrogens with zero attached hydrogens (tertiary/aromatic N) is 5. The number of aromatic nitrogens is 3. The fourth-order valence-corrected chi connectivity index (χ4v) is 6.61. The Morgan fingerprint density at radius 1 is 1.03 bits per heavy atom. The van der Waals surface area contributed by atoms with E-state index in [2.05, 4.69) is 55.0 Å². The van der Waals surface area contributed by atoms with E-state index in [1.165, 1.54) is 17.1 Å². The number of hydrogen-bond donors (Lipinski definition) is 1. The van der Waals surface area contributed by atoms with Crippen LogP contribution in [0.4, 0.5) is 5.00 Å². The van der Waals surface area contributed by atoms with Crippen molar-refractivity contribution in [2.75, 3.05) is 31.1 Å². The molecule has 9 heteroatoms. The molecule has 2 aromatic heterocycles. The van der Waals surface area contributed by atoms with Crippen molar-refractivity contribution in [3.05, 3.63) is 75.8 Å². The van der Waals surface area contributed by atoms with Gasteiger partial charge in [-0.2, -0.15) is 0 Å². The van der Waals surface area contributed by atoms with Crippen LogP contribution in [0.2, 0.25) is 0 Å². The number of fused-ring (bicyclic) bond motifs is 4. The normalized spacial score (nSPS) is 22.6. The maximum atomic E-state index is 13.2. The molecule has 35 heavy (non-hydrogen) atoms. The third-order valence-corrected chi connectivity index (χ3v) is 8.41. The average Bonchev–Trinajstić information content (AvgIpc) is 3.37. The van der Waals surface area contributed by atoms with Gasteiger partial charge in [0.2, 0.25) is 0 Å². The van der Waals surface area contributed by atoms with Crippen LogP contribution in [0.5, 0.6) is 0 Å². The fraction of sp³-hybridized carbons (Fsp3) is 0.462. The van der Waals surface area contributed by atoms with E-state index < -0.39 is 0 Å². The van der Waals surface area contributed by atoms with Crippen molar-refractivity contribution in [2.24, 2.45) is 5.92 Å². The maximum Gasteiger partial charge on any atom is 0.275 e. The van der Waals surface area contributed by atoms with Crippen molar-refractivity contribution in [1.29, 1.82) is 0 Å². The van der Waals surface area contributed by atoms with E-state index in [1.54, 1.807) is 6.07 Å². The summed E-state index contributed by atoms with van der Waals surface area (Å²) in [5, 5.41) is 8.31. The zero-order valence-electron chi connectivity index (χ0n) is 19.7. The van der Waals surface area contributed by atoms with Crippen molar-refractivity contribution in [1.82, 2.24) is 24.4 Å². The molecule has 3 aliphatic heterocycles. The molecule has 1 aromatic carbocycles. The number of nitrogens with one attached hydrogen (secondary N) is 1. The molecule has 3 aromatic rings. The van der Waals surface area contributed by atoms with E-state index in [9.17, 15) is 9.59 Å². The first-order valence-electron chi connectivity index (χ1n) is 12.5. The molecule has 8 nitrogen and oxygen atoms in total. The second-order valence-corrected chi connectivity index (χ2v) is 10.8. The molecule has 6 rings (SSSR count). The van der Waals surface area contributed by atoms with Crippen molar-refractivity contribution in [3.63, 3.8) is 0 Å². The highest BCUT2D eigenvalue weighted by Gasteiger charge is 2.37. The Bertz CT molecular complexity index is 1250. The lowest BCUT2D eigenvalue weighted by atomic mass is 9.83. The first-order chi connectivity index (χ1) is 17.1. The molecule has 0 saturated carbocycles. The van der Waals surface area contributed by atoms with Crippen LogP contribution in [-0.2, 0) is 13.1 Å². The summed E-state index contributed by atoms with van der Waals surface area (Å²) in [6, 6.07) is 16.2. The van der Waals surface area contributed by atoms with Gasteiger partial charge in [0.25, 0.3) is 11.5 Å². The number of anilines is 1. The van der Waals surface area contributed by atoms with Gasteiger partial charge in [0.1, 0.15) is 5.00 Å². The minimum Gasteiger partial charge on any atom is -0.359 e. The van der Waals surface area contributed by atoms with Gasteiger partial charge in [0, 0.05) is 74.5 Å². The lowest BCUT2D eigenvalue weighted by molar-refractivity contribution is 0.0904. The Hall–Kier alpha value is -3.04. The lowest BCUT2D eigenvalue weighted by Gasteiger charge is -2.43. The van der Waals surface area contributed by atoms with Crippen LogP contribution in [0, 0.1) is 5.92 Å². The highest BCUT2D eigenvalue weighted by atomic mass is 32.1. The predicted octanol–water partition coefficient (Wildman–Crippen LogP) is 2.72. The molecule has 0 radical (unpaired) electrons. The standard InChI is InChI=1S/C26H30N6O2S/c33-23-8-4-7-22-20-13-19(16-32(22)23)15-31(17-20)26-24(28-29-35-26)25(34)27-21-9-11-30(12-10-21)14-18-5-2-1-3-6-18/h1-8,19-21H,9-17H2,(H,27,34)/t19-,20+/m1/s1. The SMILES string of the molecule is O=C(NC1CCN(Cc2ccccc2)CC1)c1nnsc1N1C[C@H]2C[C@@H](C1)c1cccc(=O)n1C2. The summed E-state index contributed by atoms with van der Waals surface area (Å²) < 4.78 is 6.08. The van der Waals surface area contributed by atoms with Gasteiger partial charge in [-0.15, -0.1) is 5.10 Å². The number of rotatable bonds is 5. The quantitative estimate of drug-likeness (QED) is 0.592. The molecular weight excluding hydrogens is 460 g/mol. The van der Waals surface area contributed by atoms with E-state index >= 15 is 0 Å². The topological polar surface area (TPSA) is 83.4 Å². The second-order valence-electron chi connectivity index (χ2n) is 10.0. The van der Waals surface area contributed by atoms with Gasteiger partial charge in [-0.3, -0.25) is 14.5 Å². The molecule has 0 spiro atoms. The number of likely N-dealkylation sites (tertiary alicyclic amines) is 1. The Kier molecular flexibility index (Phi) is 6.12. The number of piperidine rings is 2. The van der Waals surface area contributed by atoms with Crippen LogP contribution in [0.3, 0.4) is 0 Å². The van der Waals surface area contributed by atoms with Gasteiger partial charge in [-0.05, 0) is 36.8 Å². The first-order valence-corrected chi connectivity index (χ1v) is 13.3. The molecule has 1 amide bonds. The van der Waals surface area contributed by atoms with Crippen molar-refractivity contribution in [3.8, 4) is 0 Å². The summed E-state index contributed by atoms with van der Waals surface area (Å²) in [6.45, 7) is 5.22. The highest BCUT2D eigenvalue weighted by molar-refractivity contribution is 7.10. The van der Waals surface area contributed by atoms with Crippen LogP contribution in [0.1, 0.15) is 46.9 Å². The third kappa shape index (κ3) is 4.62. The Morgan fingerprint density at radius 3 is 2.69 bits per heavy atom. The first kappa shape index (κ1) is 22.4. The Morgan fingerprint density at radius 2 is 1.86 bits per heavy atom. The molecule has 2 atom stereocenters. The van der Waals surface area contributed by atoms with Crippen LogP contribution in [-0.4, -0.2) is 57.2 Å². The van der Waals surface area contributed by atoms with Gasteiger partial charge < -0.3 is 14.8 Å². The molecule has 0 aliphatic carbocycles. The number of pyridine rings is 1. The Balaban J connectivity index is 1.09. The van der Waals surface area contributed by atoms with Crippen LogP contribution >= 0.6 is 11.5 Å². The summed E-state index contributed by atoms with van der Waals surface area (Å²) >= 11 is 1.30. The molecule has 2 fully saturated rings. The van der Waals surface area contributed by atoms with E-state index in [1.807, 2.05) is 16.7 Å². The van der Waals surface area contributed by atoms with Gasteiger partial charge in [0.05, 0.1) is 0 Å². The van der Waals surface area contributed by atoms with E-state index in [4.69, 9.17) is 0 Å². The maximum absolute atomic E-state index is 13.2. The zero-order chi connectivity index (χ0) is 23.8. The monoisotopic (exact) mass is 490 g/mol. The van der Waals surface area contributed by atoms with Crippen LogP contribution in [0.25, 0.3) is 0 Å². The minimum absolute atomic E-state index is 0.0833. The van der Waals surface area contributed by atoms with Gasteiger partial charge in [-0.25, -0.2) is 0 Å². The molecule has 5 heterocycles. The lowest BCUT2D eigenvalue weighted by Crippen LogP contribution is -2.48. The molecule has 1 N–H and O–H groups in total. The predicted molar refractivity (Wildman–Crippen MR) is 136 cm³/mol. The number of benzene rings is 1. The number of carbonyl (C=O) groups is 1. The summed E-state index contributed by atoms with van der Waals surface area (Å²) in [6.07, 6.45) is 2.95. The summed E-state index contributed by atoms with van der Waals surface area (Å²) in [5.74, 6) is 0.541. The highest BCUT2D eigenvalue weighted by Crippen LogP contribution is 2.38. The smallest absolute Gasteiger partial charge is 0.275 e. The summed E-state index contributed by atoms with van der Waals surface area (Å²) in [4.78, 5) is 30.2. The summed E-state index contributed by atoms with van der Waals surface area (Å²) in [5.41, 5.74) is 2.95. The van der Waals surface area contributed by atoms with Crippen molar-refractivity contribution >= 4 is 22.4 Å². The van der Waals surface area contributed by atoms with E-state index in [-0.39, 0.29) is 23.4 Å². The van der Waals surface area contributed by atoms with E-state index in [0.717, 1.165) is 69.2 Å². The fourth-order valence-electron chi connectivity index (χ4n) is 5.93. The number of hydrogen-bond acceptors (Lipinski definition) is 7. The van der Waals surface area contributed by atoms with Crippen LogP contribution in [0.15, 0.2) is 53.3 Å². The number of carbonyl (C=O) groups excluding carboxylic acids is 1. The largest absolute Gasteiger partial charge is 0.359 e. The number of amides is 1. The third-order valence-electron chi connectivity index (χ3n) is 7.62. The summed E-state index contributed by atoms with van der Waals surface area (Å²) in [7, 11) is 0. The zero-order valence-corrected chi connectivity index (χ0v) is 20.5. The van der Waals surface area contributed by atoms with Gasteiger partial charge >= 0.3 is 0 Å². The van der Waals surface area contributed by atoms with Crippen LogP contribution < -0.4 is 15.8 Å². The molecule has 2 bridgehead atoms. The second kappa shape index (κ2) is 9.54. The molecule has 3 aliphatic rings.